The lowest BCUT2D eigenvalue weighted by Gasteiger charge is -2.07. The average Bonchev–Trinajstić information content (AvgIpc) is 2.55. The third-order valence-corrected chi connectivity index (χ3v) is 3.28. The number of nitrogens with zero attached hydrogens (tertiary/aromatic N) is 2. The second kappa shape index (κ2) is 7.40. The van der Waals surface area contributed by atoms with Gasteiger partial charge in [-0.1, -0.05) is 19.1 Å². The predicted octanol–water partition coefficient (Wildman–Crippen LogP) is 4.01. The second-order valence-corrected chi connectivity index (χ2v) is 4.86. The van der Waals surface area contributed by atoms with E-state index in [1.807, 2.05) is 24.3 Å². The van der Waals surface area contributed by atoms with Gasteiger partial charge in [0.1, 0.15) is 0 Å². The Labute approximate surface area is 134 Å². The van der Waals surface area contributed by atoms with Crippen molar-refractivity contribution in [2.75, 3.05) is 6.61 Å². The van der Waals surface area contributed by atoms with E-state index < -0.39 is 16.4 Å². The first-order chi connectivity index (χ1) is 11.0. The van der Waals surface area contributed by atoms with E-state index in [9.17, 15) is 15.2 Å². The van der Waals surface area contributed by atoms with Crippen molar-refractivity contribution in [3.05, 3.63) is 57.6 Å². The molecule has 6 heteroatoms. The molecule has 0 unspecified atom stereocenters. The summed E-state index contributed by atoms with van der Waals surface area (Å²) in [5, 5.41) is 20.9. The van der Waals surface area contributed by atoms with Crippen molar-refractivity contribution in [3.63, 3.8) is 0 Å². The molecule has 1 N–H and O–H groups in total. The number of phenols is 1. The van der Waals surface area contributed by atoms with Crippen molar-refractivity contribution < 1.29 is 14.8 Å². The van der Waals surface area contributed by atoms with Gasteiger partial charge in [-0.2, -0.15) is 0 Å². The van der Waals surface area contributed by atoms with Gasteiger partial charge < -0.3 is 9.84 Å². The molecular weight excluding hydrogens is 296 g/mol. The molecule has 0 bridgehead atoms. The highest BCUT2D eigenvalue weighted by atomic mass is 16.6. The zero-order valence-corrected chi connectivity index (χ0v) is 13.0. The molecule has 6 nitrogen and oxygen atoms in total. The van der Waals surface area contributed by atoms with E-state index in [2.05, 4.69) is 11.9 Å². The molecule has 0 amide bonds. The molecule has 23 heavy (non-hydrogen) atoms. The zero-order valence-electron chi connectivity index (χ0n) is 13.0. The van der Waals surface area contributed by atoms with Gasteiger partial charge in [-0.25, -0.2) is 0 Å². The molecule has 2 aromatic carbocycles. The van der Waals surface area contributed by atoms with Crippen LogP contribution in [0.5, 0.6) is 11.5 Å². The van der Waals surface area contributed by atoms with Gasteiger partial charge in [-0.15, -0.1) is 0 Å². The van der Waals surface area contributed by atoms with E-state index in [4.69, 9.17) is 4.74 Å². The molecule has 2 rings (SSSR count). The van der Waals surface area contributed by atoms with Crippen molar-refractivity contribution in [1.29, 1.82) is 0 Å². The van der Waals surface area contributed by atoms with Crippen molar-refractivity contribution in [2.45, 2.75) is 20.3 Å². The Balaban J connectivity index is 2.34. The summed E-state index contributed by atoms with van der Waals surface area (Å²) in [6.07, 6.45) is 2.46. The summed E-state index contributed by atoms with van der Waals surface area (Å²) in [5.74, 6) is -0.397. The maximum atomic E-state index is 11.0. The first-order valence-corrected chi connectivity index (χ1v) is 7.32. The summed E-state index contributed by atoms with van der Waals surface area (Å²) in [6, 6.07) is 10.5. The molecule has 120 valence electrons. The molecule has 0 aromatic heterocycles. The molecule has 0 saturated carbocycles. The van der Waals surface area contributed by atoms with Crippen LogP contribution in [0.3, 0.4) is 0 Å². The lowest BCUT2D eigenvalue weighted by atomic mass is 10.1. The van der Waals surface area contributed by atoms with Crippen LogP contribution in [-0.2, 0) is 6.42 Å². The molecule has 0 aliphatic carbocycles. The van der Waals surface area contributed by atoms with Gasteiger partial charge >= 0.3 is 5.69 Å². The van der Waals surface area contributed by atoms with Crippen molar-refractivity contribution in [1.82, 2.24) is 0 Å². The maximum absolute atomic E-state index is 11.0. The highest BCUT2D eigenvalue weighted by molar-refractivity contribution is 5.85. The van der Waals surface area contributed by atoms with Crippen LogP contribution in [0.1, 0.15) is 25.0 Å². The van der Waals surface area contributed by atoms with Gasteiger partial charge in [0, 0.05) is 17.8 Å². The molecular formula is C17H18N2O4. The van der Waals surface area contributed by atoms with E-state index in [1.54, 1.807) is 6.92 Å². The van der Waals surface area contributed by atoms with Crippen LogP contribution >= 0.6 is 0 Å². The molecule has 0 radical (unpaired) electrons. The minimum absolute atomic E-state index is 0.0736. The standard InChI is InChI=1S/C17H18N2O4/c1-3-12-5-7-14(8-6-12)18-11-13-9-15(19(21)22)17(20)16(10-13)23-4-2/h5-11,20H,3-4H2,1-2H3. The normalized spacial score (nSPS) is 10.9. The summed E-state index contributed by atoms with van der Waals surface area (Å²) >= 11 is 0. The van der Waals surface area contributed by atoms with Gasteiger partial charge in [0.2, 0.25) is 5.75 Å². The fraction of sp³-hybridized carbons (Fsp3) is 0.235. The summed E-state index contributed by atoms with van der Waals surface area (Å²) < 4.78 is 5.23. The molecule has 0 saturated heterocycles. The maximum Gasteiger partial charge on any atom is 0.315 e. The van der Waals surface area contributed by atoms with Crippen molar-refractivity contribution in [3.8, 4) is 11.5 Å². The number of ether oxygens (including phenoxy) is 1. The molecule has 0 aliphatic rings. The van der Waals surface area contributed by atoms with Gasteiger partial charge in [0.25, 0.3) is 0 Å². The van der Waals surface area contributed by atoms with Gasteiger partial charge in [0.05, 0.1) is 17.2 Å². The van der Waals surface area contributed by atoms with E-state index in [0.29, 0.717) is 12.2 Å². The second-order valence-electron chi connectivity index (χ2n) is 4.86. The smallest absolute Gasteiger partial charge is 0.315 e. The SMILES string of the molecule is CCOc1cc(C=Nc2ccc(CC)cc2)cc([N+](=O)[O-])c1O. The zero-order chi connectivity index (χ0) is 16.8. The van der Waals surface area contributed by atoms with Crippen LogP contribution in [0.2, 0.25) is 0 Å². The molecule has 2 aromatic rings. The lowest BCUT2D eigenvalue weighted by molar-refractivity contribution is -0.386. The third-order valence-electron chi connectivity index (χ3n) is 3.28. The average molecular weight is 314 g/mol. The van der Waals surface area contributed by atoms with Crippen molar-refractivity contribution in [2.24, 2.45) is 4.99 Å². The Morgan fingerprint density at radius 3 is 2.52 bits per heavy atom. The Morgan fingerprint density at radius 2 is 1.96 bits per heavy atom. The topological polar surface area (TPSA) is 85.0 Å². The molecule has 0 spiro atoms. The number of hydrogen-bond donors (Lipinski definition) is 1. The summed E-state index contributed by atoms with van der Waals surface area (Å²) in [4.78, 5) is 14.7. The Morgan fingerprint density at radius 1 is 1.26 bits per heavy atom. The van der Waals surface area contributed by atoms with Crippen LogP contribution in [-0.4, -0.2) is 22.9 Å². The fourth-order valence-corrected chi connectivity index (χ4v) is 2.06. The predicted molar refractivity (Wildman–Crippen MR) is 89.0 cm³/mol. The van der Waals surface area contributed by atoms with E-state index >= 15 is 0 Å². The van der Waals surface area contributed by atoms with Gasteiger partial charge in [0.15, 0.2) is 5.75 Å². The number of aromatic hydroxyl groups is 1. The number of nitro benzene ring substituents is 1. The quantitative estimate of drug-likeness (QED) is 0.496. The number of phenolic OH excluding ortho intramolecular Hbond substituents is 1. The van der Waals surface area contributed by atoms with Crippen LogP contribution in [0, 0.1) is 10.1 Å². The number of rotatable bonds is 6. The summed E-state index contributed by atoms with van der Waals surface area (Å²) in [7, 11) is 0. The monoisotopic (exact) mass is 314 g/mol. The summed E-state index contributed by atoms with van der Waals surface area (Å²) in [5.41, 5.74) is 2.04. The first kappa shape index (κ1) is 16.5. The van der Waals surface area contributed by atoms with Gasteiger partial charge in [-0.3, -0.25) is 15.1 Å². The van der Waals surface area contributed by atoms with Crippen LogP contribution in [0.15, 0.2) is 41.4 Å². The number of aryl methyl sites for hydroxylation is 1. The molecule has 0 fully saturated rings. The van der Waals surface area contributed by atoms with E-state index in [1.165, 1.54) is 23.9 Å². The number of hydrogen-bond acceptors (Lipinski definition) is 5. The minimum atomic E-state index is -0.648. The molecule has 0 heterocycles. The fourth-order valence-electron chi connectivity index (χ4n) is 2.06. The summed E-state index contributed by atoms with van der Waals surface area (Å²) in [6.45, 7) is 4.11. The molecule has 0 atom stereocenters. The van der Waals surface area contributed by atoms with E-state index in [-0.39, 0.29) is 5.75 Å². The highest BCUT2D eigenvalue weighted by Crippen LogP contribution is 2.36. The van der Waals surface area contributed by atoms with Crippen molar-refractivity contribution >= 4 is 17.6 Å². The first-order valence-electron chi connectivity index (χ1n) is 7.32. The minimum Gasteiger partial charge on any atom is -0.500 e. The Bertz CT molecular complexity index is 724. The van der Waals surface area contributed by atoms with Gasteiger partial charge in [-0.05, 0) is 37.1 Å². The Kier molecular flexibility index (Phi) is 5.30. The van der Waals surface area contributed by atoms with Crippen LogP contribution in [0.25, 0.3) is 0 Å². The Hall–Kier alpha value is -2.89. The number of aliphatic imine (C=N–C) groups is 1. The number of nitro groups is 1. The molecule has 0 aliphatic heterocycles. The van der Waals surface area contributed by atoms with Crippen LogP contribution < -0.4 is 4.74 Å². The van der Waals surface area contributed by atoms with Crippen LogP contribution in [0.4, 0.5) is 11.4 Å². The lowest BCUT2D eigenvalue weighted by Crippen LogP contribution is -1.97. The number of benzene rings is 2. The largest absolute Gasteiger partial charge is 0.500 e. The highest BCUT2D eigenvalue weighted by Gasteiger charge is 2.19. The third kappa shape index (κ3) is 4.06. The van der Waals surface area contributed by atoms with E-state index in [0.717, 1.165) is 12.1 Å².